The highest BCUT2D eigenvalue weighted by molar-refractivity contribution is 14.0. The molecule has 0 aliphatic heterocycles. The Balaban J connectivity index is 0.00000341. The Morgan fingerprint density at radius 1 is 0.774 bits per heavy atom. The third-order valence-electron chi connectivity index (χ3n) is 4.69. The zero-order valence-electron chi connectivity index (χ0n) is 18.0. The lowest BCUT2D eigenvalue weighted by molar-refractivity contribution is 0.107. The molecule has 3 aromatic rings. The molecule has 5 nitrogen and oxygen atoms in total. The molecule has 3 rings (SSSR count). The van der Waals surface area contributed by atoms with E-state index in [-0.39, 0.29) is 24.0 Å². The van der Waals surface area contributed by atoms with E-state index in [0.717, 1.165) is 22.8 Å². The first kappa shape index (κ1) is 24.7. The van der Waals surface area contributed by atoms with Crippen molar-refractivity contribution in [3.8, 4) is 5.75 Å². The summed E-state index contributed by atoms with van der Waals surface area (Å²) in [6.07, 6.45) is 0. The van der Waals surface area contributed by atoms with E-state index in [0.29, 0.717) is 26.3 Å². The summed E-state index contributed by atoms with van der Waals surface area (Å²) in [7, 11) is 3.45. The van der Waals surface area contributed by atoms with Gasteiger partial charge in [0.2, 0.25) is 0 Å². The van der Waals surface area contributed by atoms with Crippen molar-refractivity contribution < 1.29 is 9.47 Å². The Morgan fingerprint density at radius 2 is 1.42 bits per heavy atom. The first-order valence-electron chi connectivity index (χ1n) is 10.0. The molecule has 164 valence electrons. The molecular formula is C25H30IN3O2. The van der Waals surface area contributed by atoms with Crippen LogP contribution in [0, 0.1) is 0 Å². The van der Waals surface area contributed by atoms with Crippen molar-refractivity contribution in [2.24, 2.45) is 4.99 Å². The Kier molecular flexibility index (Phi) is 10.9. The molecule has 0 amide bonds. The molecule has 0 aromatic heterocycles. The van der Waals surface area contributed by atoms with Crippen LogP contribution in [0.4, 0.5) is 0 Å². The lowest BCUT2D eigenvalue weighted by atomic mass is 10.1. The van der Waals surface area contributed by atoms with Crippen LogP contribution in [0.25, 0.3) is 0 Å². The van der Waals surface area contributed by atoms with Crippen LogP contribution in [0.5, 0.6) is 5.75 Å². The average molecular weight is 531 g/mol. The highest BCUT2D eigenvalue weighted by Gasteiger charge is 2.04. The minimum absolute atomic E-state index is 0. The van der Waals surface area contributed by atoms with E-state index in [1.54, 1.807) is 14.2 Å². The fraction of sp³-hybridized carbons (Fsp3) is 0.240. The molecule has 0 aliphatic carbocycles. The quantitative estimate of drug-likeness (QED) is 0.235. The molecule has 0 saturated heterocycles. The van der Waals surface area contributed by atoms with E-state index in [1.165, 1.54) is 11.1 Å². The van der Waals surface area contributed by atoms with Gasteiger partial charge in [-0.3, -0.25) is 4.99 Å². The van der Waals surface area contributed by atoms with E-state index in [2.05, 4.69) is 52.0 Å². The first-order chi connectivity index (χ1) is 14.8. The summed E-state index contributed by atoms with van der Waals surface area (Å²) in [5, 5.41) is 6.69. The van der Waals surface area contributed by atoms with Gasteiger partial charge in [0.05, 0.1) is 20.3 Å². The molecule has 0 aliphatic rings. The maximum absolute atomic E-state index is 5.85. The van der Waals surface area contributed by atoms with Crippen LogP contribution < -0.4 is 15.4 Å². The fourth-order valence-corrected chi connectivity index (χ4v) is 3.12. The SMILES string of the molecule is CN=C(NCc1cccc(COCc2ccccc2)c1)NCc1ccccc1OC.I. The minimum Gasteiger partial charge on any atom is -0.496 e. The zero-order valence-corrected chi connectivity index (χ0v) is 20.3. The van der Waals surface area contributed by atoms with Gasteiger partial charge in [-0.1, -0.05) is 72.8 Å². The fourth-order valence-electron chi connectivity index (χ4n) is 3.12. The van der Waals surface area contributed by atoms with Gasteiger partial charge >= 0.3 is 0 Å². The van der Waals surface area contributed by atoms with Crippen LogP contribution >= 0.6 is 24.0 Å². The van der Waals surface area contributed by atoms with Gasteiger partial charge in [-0.05, 0) is 22.8 Å². The molecule has 0 heterocycles. The molecule has 6 heteroatoms. The number of aliphatic imine (C=N–C) groups is 1. The number of nitrogens with one attached hydrogen (secondary N) is 2. The topological polar surface area (TPSA) is 54.9 Å². The molecule has 0 atom stereocenters. The summed E-state index contributed by atoms with van der Waals surface area (Å²) >= 11 is 0. The van der Waals surface area contributed by atoms with Crippen molar-refractivity contribution in [2.45, 2.75) is 26.3 Å². The summed E-state index contributed by atoms with van der Waals surface area (Å²) in [6.45, 7) is 2.52. The van der Waals surface area contributed by atoms with Gasteiger partial charge < -0.3 is 20.1 Å². The standard InChI is InChI=1S/C25H29N3O2.HI/c1-26-25(28-17-23-13-6-7-14-24(23)29-2)27-16-21-11-8-12-22(15-21)19-30-18-20-9-4-3-5-10-20;/h3-15H,16-19H2,1-2H3,(H2,26,27,28);1H. The summed E-state index contributed by atoms with van der Waals surface area (Å²) < 4.78 is 11.3. The van der Waals surface area contributed by atoms with E-state index in [1.807, 2.05) is 42.5 Å². The van der Waals surface area contributed by atoms with Gasteiger partial charge in [0.25, 0.3) is 0 Å². The summed E-state index contributed by atoms with van der Waals surface area (Å²) in [6, 6.07) is 26.6. The Bertz CT molecular complexity index is 948. The van der Waals surface area contributed by atoms with E-state index in [4.69, 9.17) is 9.47 Å². The van der Waals surface area contributed by atoms with Gasteiger partial charge in [-0.2, -0.15) is 0 Å². The monoisotopic (exact) mass is 531 g/mol. The van der Waals surface area contributed by atoms with Crippen molar-refractivity contribution in [1.82, 2.24) is 10.6 Å². The largest absolute Gasteiger partial charge is 0.496 e. The van der Waals surface area contributed by atoms with Gasteiger partial charge in [0, 0.05) is 25.7 Å². The van der Waals surface area contributed by atoms with Crippen molar-refractivity contribution in [1.29, 1.82) is 0 Å². The predicted molar refractivity (Wildman–Crippen MR) is 137 cm³/mol. The number of hydrogen-bond donors (Lipinski definition) is 2. The minimum atomic E-state index is 0. The van der Waals surface area contributed by atoms with Crippen molar-refractivity contribution in [2.75, 3.05) is 14.2 Å². The number of para-hydroxylation sites is 1. The van der Waals surface area contributed by atoms with Gasteiger partial charge in [0.1, 0.15) is 5.75 Å². The highest BCUT2D eigenvalue weighted by atomic mass is 127. The molecular weight excluding hydrogens is 501 g/mol. The van der Waals surface area contributed by atoms with E-state index < -0.39 is 0 Å². The molecule has 0 unspecified atom stereocenters. The number of halogens is 1. The Morgan fingerprint density at radius 3 is 2.19 bits per heavy atom. The second-order valence-corrected chi connectivity index (χ2v) is 6.89. The average Bonchev–Trinajstić information content (AvgIpc) is 2.80. The molecule has 0 spiro atoms. The number of ether oxygens (including phenoxy) is 2. The normalized spacial score (nSPS) is 10.8. The first-order valence-corrected chi connectivity index (χ1v) is 10.0. The molecule has 31 heavy (non-hydrogen) atoms. The smallest absolute Gasteiger partial charge is 0.191 e. The van der Waals surface area contributed by atoms with Crippen LogP contribution in [-0.4, -0.2) is 20.1 Å². The van der Waals surface area contributed by atoms with Crippen molar-refractivity contribution in [3.63, 3.8) is 0 Å². The van der Waals surface area contributed by atoms with Gasteiger partial charge in [0.15, 0.2) is 5.96 Å². The lowest BCUT2D eigenvalue weighted by Crippen LogP contribution is -2.36. The van der Waals surface area contributed by atoms with E-state index in [9.17, 15) is 0 Å². The second-order valence-electron chi connectivity index (χ2n) is 6.89. The molecule has 3 aromatic carbocycles. The Hall–Kier alpha value is -2.58. The van der Waals surface area contributed by atoms with Crippen molar-refractivity contribution in [3.05, 3.63) is 101 Å². The molecule has 0 bridgehead atoms. The van der Waals surface area contributed by atoms with E-state index >= 15 is 0 Å². The number of methoxy groups -OCH3 is 1. The second kappa shape index (κ2) is 13.7. The van der Waals surface area contributed by atoms with Gasteiger partial charge in [-0.15, -0.1) is 24.0 Å². The van der Waals surface area contributed by atoms with Crippen LogP contribution in [0.15, 0.2) is 83.9 Å². The Labute approximate surface area is 201 Å². The third kappa shape index (κ3) is 8.22. The maximum atomic E-state index is 5.85. The van der Waals surface area contributed by atoms with Crippen LogP contribution in [0.1, 0.15) is 22.3 Å². The van der Waals surface area contributed by atoms with Gasteiger partial charge in [-0.25, -0.2) is 0 Å². The zero-order chi connectivity index (χ0) is 21.0. The van der Waals surface area contributed by atoms with Crippen molar-refractivity contribution >= 4 is 29.9 Å². The van der Waals surface area contributed by atoms with Crippen LogP contribution in [-0.2, 0) is 31.0 Å². The number of nitrogens with zero attached hydrogens (tertiary/aromatic N) is 1. The summed E-state index contributed by atoms with van der Waals surface area (Å²) in [5.74, 6) is 1.61. The number of hydrogen-bond acceptors (Lipinski definition) is 3. The van der Waals surface area contributed by atoms with Crippen LogP contribution in [0.3, 0.4) is 0 Å². The number of guanidine groups is 1. The number of rotatable bonds is 9. The molecule has 2 N–H and O–H groups in total. The lowest BCUT2D eigenvalue weighted by Gasteiger charge is -2.14. The maximum Gasteiger partial charge on any atom is 0.191 e. The predicted octanol–water partition coefficient (Wildman–Crippen LogP) is 4.90. The number of benzene rings is 3. The molecule has 0 fully saturated rings. The highest BCUT2D eigenvalue weighted by Crippen LogP contribution is 2.16. The summed E-state index contributed by atoms with van der Waals surface area (Å²) in [4.78, 5) is 4.31. The summed E-state index contributed by atoms with van der Waals surface area (Å²) in [5.41, 5.74) is 4.60. The van der Waals surface area contributed by atoms with Crippen LogP contribution in [0.2, 0.25) is 0 Å². The third-order valence-corrected chi connectivity index (χ3v) is 4.69. The molecule has 0 saturated carbocycles. The molecule has 0 radical (unpaired) electrons.